The van der Waals surface area contributed by atoms with Crippen LogP contribution in [0, 0.1) is 17.8 Å². The fourth-order valence-electron chi connectivity index (χ4n) is 2.50. The molecular weight excluding hydrogens is 218 g/mol. The summed E-state index contributed by atoms with van der Waals surface area (Å²) in [6.07, 6.45) is 1.92. The van der Waals surface area contributed by atoms with E-state index in [0.29, 0.717) is 0 Å². The summed E-state index contributed by atoms with van der Waals surface area (Å²) >= 11 is 0. The molecule has 0 radical (unpaired) electrons. The zero-order valence-corrected chi connectivity index (χ0v) is 11.2. The minimum Gasteiger partial charge on any atom is -0.468 e. The highest BCUT2D eigenvalue weighted by Gasteiger charge is 2.36. The first-order chi connectivity index (χ1) is 7.97. The number of nitrogens with zero attached hydrogens (tertiary/aromatic N) is 1. The number of Topliss-reactive ketones (excluding diaryl/α,β-unsaturated/α-hetero) is 1. The fraction of sp³-hybridized carbons (Fsp3) is 0.846. The first kappa shape index (κ1) is 14.2. The van der Waals surface area contributed by atoms with Crippen molar-refractivity contribution in [3.63, 3.8) is 0 Å². The summed E-state index contributed by atoms with van der Waals surface area (Å²) in [6, 6.07) is 0. The summed E-state index contributed by atoms with van der Waals surface area (Å²) in [6.45, 7) is 5.59. The largest absolute Gasteiger partial charge is 0.468 e. The number of hydrogen-bond donors (Lipinski definition) is 0. The molecule has 0 N–H and O–H groups in total. The molecule has 0 bridgehead atoms. The molecular formula is C13H23NO3. The predicted molar refractivity (Wildman–Crippen MR) is 65.6 cm³/mol. The molecule has 0 aromatic rings. The van der Waals surface area contributed by atoms with Gasteiger partial charge in [-0.2, -0.15) is 0 Å². The van der Waals surface area contributed by atoms with E-state index >= 15 is 0 Å². The first-order valence-electron chi connectivity index (χ1n) is 6.27. The van der Waals surface area contributed by atoms with E-state index in [2.05, 4.69) is 4.90 Å². The lowest BCUT2D eigenvalue weighted by molar-refractivity contribution is -0.153. The number of ketones is 1. The fourth-order valence-corrected chi connectivity index (χ4v) is 2.50. The number of piperidine rings is 1. The van der Waals surface area contributed by atoms with Crippen LogP contribution in [0.15, 0.2) is 0 Å². The van der Waals surface area contributed by atoms with E-state index < -0.39 is 11.9 Å². The molecule has 0 aliphatic carbocycles. The Hall–Kier alpha value is -0.900. The van der Waals surface area contributed by atoms with Crippen LogP contribution in [0.5, 0.6) is 0 Å². The van der Waals surface area contributed by atoms with Gasteiger partial charge in [-0.1, -0.05) is 13.8 Å². The van der Waals surface area contributed by atoms with Crippen molar-refractivity contribution >= 4 is 11.8 Å². The highest BCUT2D eigenvalue weighted by molar-refractivity contribution is 6.00. The summed E-state index contributed by atoms with van der Waals surface area (Å²) in [4.78, 5) is 26.2. The molecule has 17 heavy (non-hydrogen) atoms. The number of hydrogen-bond acceptors (Lipinski definition) is 4. The van der Waals surface area contributed by atoms with Crippen LogP contribution in [0.2, 0.25) is 0 Å². The van der Waals surface area contributed by atoms with E-state index in [9.17, 15) is 9.59 Å². The highest BCUT2D eigenvalue weighted by atomic mass is 16.5. The third-order valence-electron chi connectivity index (χ3n) is 3.46. The van der Waals surface area contributed by atoms with Gasteiger partial charge in [0.25, 0.3) is 0 Å². The number of methoxy groups -OCH3 is 1. The van der Waals surface area contributed by atoms with Gasteiger partial charge in [-0.05, 0) is 32.4 Å². The van der Waals surface area contributed by atoms with Gasteiger partial charge in [0.05, 0.1) is 7.11 Å². The molecule has 1 saturated heterocycles. The second-order valence-corrected chi connectivity index (χ2v) is 5.25. The van der Waals surface area contributed by atoms with Crippen molar-refractivity contribution in [2.24, 2.45) is 17.8 Å². The average Bonchev–Trinajstić information content (AvgIpc) is 2.28. The quantitative estimate of drug-likeness (QED) is 0.550. The molecule has 4 nitrogen and oxygen atoms in total. The summed E-state index contributed by atoms with van der Waals surface area (Å²) in [5.41, 5.74) is 0. The Morgan fingerprint density at radius 3 is 2.47 bits per heavy atom. The maximum Gasteiger partial charge on any atom is 0.316 e. The Morgan fingerprint density at radius 1 is 1.35 bits per heavy atom. The van der Waals surface area contributed by atoms with Crippen LogP contribution in [0.25, 0.3) is 0 Å². The molecule has 98 valence electrons. The van der Waals surface area contributed by atoms with Gasteiger partial charge >= 0.3 is 5.97 Å². The molecule has 2 atom stereocenters. The third-order valence-corrected chi connectivity index (χ3v) is 3.46. The van der Waals surface area contributed by atoms with E-state index in [1.807, 2.05) is 20.9 Å². The van der Waals surface area contributed by atoms with E-state index in [0.717, 1.165) is 25.9 Å². The molecule has 1 aliphatic heterocycles. The minimum absolute atomic E-state index is 0.00202. The van der Waals surface area contributed by atoms with Gasteiger partial charge in [0.2, 0.25) is 0 Å². The van der Waals surface area contributed by atoms with Crippen LogP contribution < -0.4 is 0 Å². The van der Waals surface area contributed by atoms with Crippen LogP contribution in [0.1, 0.15) is 26.7 Å². The van der Waals surface area contributed by atoms with Gasteiger partial charge in [-0.15, -0.1) is 0 Å². The molecule has 0 amide bonds. The van der Waals surface area contributed by atoms with Crippen molar-refractivity contribution in [1.82, 2.24) is 4.90 Å². The summed E-state index contributed by atoms with van der Waals surface area (Å²) < 4.78 is 4.74. The van der Waals surface area contributed by atoms with Gasteiger partial charge in [-0.3, -0.25) is 9.59 Å². The van der Waals surface area contributed by atoms with Crippen molar-refractivity contribution in [3.8, 4) is 0 Å². The number of rotatable bonds is 4. The van der Waals surface area contributed by atoms with Crippen LogP contribution >= 0.6 is 0 Å². The first-order valence-corrected chi connectivity index (χ1v) is 6.27. The van der Waals surface area contributed by atoms with Gasteiger partial charge in [0, 0.05) is 12.5 Å². The van der Waals surface area contributed by atoms with Crippen molar-refractivity contribution in [1.29, 1.82) is 0 Å². The number of likely N-dealkylation sites (tertiary alicyclic amines) is 1. The van der Waals surface area contributed by atoms with Crippen molar-refractivity contribution in [2.75, 3.05) is 27.2 Å². The topological polar surface area (TPSA) is 46.6 Å². The Balaban J connectivity index is 2.73. The van der Waals surface area contributed by atoms with Crippen molar-refractivity contribution in [3.05, 3.63) is 0 Å². The molecule has 0 saturated carbocycles. The van der Waals surface area contributed by atoms with Crippen LogP contribution in [-0.2, 0) is 14.3 Å². The number of esters is 1. The smallest absolute Gasteiger partial charge is 0.316 e. The molecule has 1 rings (SSSR count). The Morgan fingerprint density at radius 2 is 2.00 bits per heavy atom. The number of carbonyl (C=O) groups is 2. The molecule has 0 spiro atoms. The molecule has 4 heteroatoms. The third kappa shape index (κ3) is 3.53. The number of ether oxygens (including phenoxy) is 1. The van der Waals surface area contributed by atoms with Gasteiger partial charge in [0.1, 0.15) is 5.92 Å². The summed E-state index contributed by atoms with van der Waals surface area (Å²) in [7, 11) is 3.36. The monoisotopic (exact) mass is 241 g/mol. The van der Waals surface area contributed by atoms with Gasteiger partial charge in [0.15, 0.2) is 5.78 Å². The molecule has 0 aromatic heterocycles. The van der Waals surface area contributed by atoms with Crippen LogP contribution in [0.3, 0.4) is 0 Å². The highest BCUT2D eigenvalue weighted by Crippen LogP contribution is 2.24. The lowest BCUT2D eigenvalue weighted by atomic mass is 9.81. The van der Waals surface area contributed by atoms with Crippen LogP contribution in [0.4, 0.5) is 0 Å². The van der Waals surface area contributed by atoms with Gasteiger partial charge < -0.3 is 9.64 Å². The molecule has 1 aliphatic rings. The zero-order chi connectivity index (χ0) is 13.0. The second kappa shape index (κ2) is 6.15. The maximum absolute atomic E-state index is 12.4. The predicted octanol–water partition coefficient (Wildman–Crippen LogP) is 1.34. The van der Waals surface area contributed by atoms with E-state index in [1.165, 1.54) is 7.11 Å². The van der Waals surface area contributed by atoms with Crippen molar-refractivity contribution < 1.29 is 14.3 Å². The minimum atomic E-state index is -0.600. The SMILES string of the molecule is COC(=O)C(C(=O)C1CCCN(C)C1)C(C)C. The average molecular weight is 241 g/mol. The molecule has 0 aromatic carbocycles. The lowest BCUT2D eigenvalue weighted by Crippen LogP contribution is -2.42. The normalized spacial score (nSPS) is 23.5. The standard InChI is InChI=1S/C13H23NO3/c1-9(2)11(13(16)17-4)12(15)10-6-5-7-14(3)8-10/h9-11H,5-8H2,1-4H3. The van der Waals surface area contributed by atoms with Crippen LogP contribution in [-0.4, -0.2) is 43.9 Å². The molecule has 1 heterocycles. The van der Waals surface area contributed by atoms with Crippen molar-refractivity contribution in [2.45, 2.75) is 26.7 Å². The summed E-state index contributed by atoms with van der Waals surface area (Å²) in [5.74, 6) is -0.949. The second-order valence-electron chi connectivity index (χ2n) is 5.25. The number of carbonyl (C=O) groups excluding carboxylic acids is 2. The maximum atomic E-state index is 12.4. The molecule has 2 unspecified atom stereocenters. The zero-order valence-electron chi connectivity index (χ0n) is 11.2. The van der Waals surface area contributed by atoms with Gasteiger partial charge in [-0.25, -0.2) is 0 Å². The van der Waals surface area contributed by atoms with E-state index in [4.69, 9.17) is 4.74 Å². The Labute approximate surface area is 103 Å². The lowest BCUT2D eigenvalue weighted by Gasteiger charge is -2.31. The Kier molecular flexibility index (Phi) is 5.12. The summed E-state index contributed by atoms with van der Waals surface area (Å²) in [5, 5.41) is 0. The molecule has 1 fully saturated rings. The Bertz CT molecular complexity index is 288. The van der Waals surface area contributed by atoms with E-state index in [1.54, 1.807) is 0 Å². The van der Waals surface area contributed by atoms with E-state index in [-0.39, 0.29) is 17.6 Å².